The number of nitrogens with zero attached hydrogens (tertiary/aromatic N) is 1. The van der Waals surface area contributed by atoms with E-state index >= 15 is 0 Å². The first-order valence-electron chi connectivity index (χ1n) is 7.57. The van der Waals surface area contributed by atoms with E-state index in [1.807, 2.05) is 48.5 Å². The van der Waals surface area contributed by atoms with Gasteiger partial charge in [-0.25, -0.2) is 4.79 Å². The summed E-state index contributed by atoms with van der Waals surface area (Å²) in [5.41, 5.74) is -1.01. The molecule has 0 bridgehead atoms. The highest BCUT2D eigenvalue weighted by Gasteiger charge is 2.51. The van der Waals surface area contributed by atoms with Crippen LogP contribution in [0.25, 0.3) is 0 Å². The molecule has 7 heteroatoms. The van der Waals surface area contributed by atoms with Crippen LogP contribution in [0.5, 0.6) is 0 Å². The van der Waals surface area contributed by atoms with Crippen molar-refractivity contribution in [3.8, 4) is 0 Å². The molecule has 0 spiro atoms. The van der Waals surface area contributed by atoms with Gasteiger partial charge in [0.15, 0.2) is 0 Å². The van der Waals surface area contributed by atoms with E-state index in [0.29, 0.717) is 13.1 Å². The van der Waals surface area contributed by atoms with Crippen molar-refractivity contribution in [2.45, 2.75) is 64.9 Å². The Morgan fingerprint density at radius 2 is 1.86 bits per heavy atom. The molecule has 1 unspecified atom stereocenters. The predicted octanol–water partition coefficient (Wildman–Crippen LogP) is 1.66. The Hall–Kier alpha value is -0.500. The van der Waals surface area contributed by atoms with Crippen LogP contribution in [0.2, 0.25) is 0 Å². The molecule has 130 valence electrons. The van der Waals surface area contributed by atoms with Crippen LogP contribution in [0.1, 0.15) is 48.5 Å². The third kappa shape index (κ3) is 4.75. The Bertz CT molecular complexity index is 397. The number of nitrogens with one attached hydrogen (secondary N) is 1. The summed E-state index contributed by atoms with van der Waals surface area (Å²) >= 11 is -1.22. The minimum atomic E-state index is -1.22. The Labute approximate surface area is 136 Å². The molecule has 1 aliphatic rings. The first-order valence-corrected chi connectivity index (χ1v) is 8.72. The van der Waals surface area contributed by atoms with E-state index < -0.39 is 22.4 Å². The van der Waals surface area contributed by atoms with E-state index in [2.05, 4.69) is 4.72 Å². The average Bonchev–Trinajstić information content (AvgIpc) is 2.24. The minimum Gasteiger partial charge on any atom is -0.598 e. The minimum absolute atomic E-state index is 0.0677. The Morgan fingerprint density at radius 1 is 1.36 bits per heavy atom. The largest absolute Gasteiger partial charge is 0.598 e. The van der Waals surface area contributed by atoms with Crippen molar-refractivity contribution in [1.82, 2.24) is 9.62 Å². The van der Waals surface area contributed by atoms with E-state index in [-0.39, 0.29) is 23.5 Å². The fourth-order valence-electron chi connectivity index (χ4n) is 2.14. The maximum atomic E-state index is 12.2. The van der Waals surface area contributed by atoms with Gasteiger partial charge in [-0.1, -0.05) is 0 Å². The molecule has 1 aliphatic heterocycles. The van der Waals surface area contributed by atoms with Gasteiger partial charge < -0.3 is 19.3 Å². The molecule has 1 saturated heterocycles. The molecular weight excluding hydrogens is 304 g/mol. The third-order valence-corrected chi connectivity index (χ3v) is 5.42. The second kappa shape index (κ2) is 6.55. The molecule has 2 N–H and O–H groups in total. The average molecular weight is 334 g/mol. The van der Waals surface area contributed by atoms with Gasteiger partial charge in [0.2, 0.25) is 0 Å². The summed E-state index contributed by atoms with van der Waals surface area (Å²) in [6.07, 6.45) is -0.374. The van der Waals surface area contributed by atoms with Gasteiger partial charge in [0.05, 0.1) is 12.6 Å². The van der Waals surface area contributed by atoms with Crippen LogP contribution in [0.4, 0.5) is 4.79 Å². The summed E-state index contributed by atoms with van der Waals surface area (Å²) in [5, 5.41) is 9.74. The summed E-state index contributed by atoms with van der Waals surface area (Å²) in [4.78, 5) is 13.6. The second-order valence-corrected chi connectivity index (χ2v) is 10.1. The van der Waals surface area contributed by atoms with Gasteiger partial charge in [-0.05, 0) is 48.5 Å². The number of aliphatic hydroxyl groups is 1. The van der Waals surface area contributed by atoms with Crippen molar-refractivity contribution in [3.05, 3.63) is 0 Å². The molecule has 0 aromatic rings. The van der Waals surface area contributed by atoms with Gasteiger partial charge >= 0.3 is 6.09 Å². The molecule has 2 atom stereocenters. The van der Waals surface area contributed by atoms with E-state index in [9.17, 15) is 14.5 Å². The number of rotatable bonds is 4. The van der Waals surface area contributed by atoms with Crippen molar-refractivity contribution in [3.63, 3.8) is 0 Å². The smallest absolute Gasteiger partial charge is 0.410 e. The van der Waals surface area contributed by atoms with Gasteiger partial charge in [0.25, 0.3) is 0 Å². The van der Waals surface area contributed by atoms with Crippen LogP contribution < -0.4 is 4.72 Å². The SMILES string of the molecule is C[C@H](N[S+]([O-])C(C)(C)C)C1(CO)CN(C(=O)OC(C)(C)C)C1. The van der Waals surface area contributed by atoms with Gasteiger partial charge in [-0.3, -0.25) is 0 Å². The van der Waals surface area contributed by atoms with Crippen LogP contribution in [-0.2, 0) is 16.1 Å². The van der Waals surface area contributed by atoms with Crippen LogP contribution >= 0.6 is 0 Å². The van der Waals surface area contributed by atoms with E-state index in [4.69, 9.17) is 4.74 Å². The van der Waals surface area contributed by atoms with Gasteiger partial charge in [0, 0.05) is 29.9 Å². The number of aliphatic hydroxyl groups excluding tert-OH is 1. The molecule has 0 saturated carbocycles. The number of carbonyl (C=O) groups excluding carboxylic acids is 1. The summed E-state index contributed by atoms with van der Waals surface area (Å²) in [5.74, 6) is 0. The zero-order valence-electron chi connectivity index (χ0n) is 14.7. The Morgan fingerprint density at radius 3 is 2.23 bits per heavy atom. The molecule has 22 heavy (non-hydrogen) atoms. The number of ether oxygens (including phenoxy) is 1. The number of hydrogen-bond donors (Lipinski definition) is 2. The molecule has 0 radical (unpaired) electrons. The molecule has 1 fully saturated rings. The normalized spacial score (nSPS) is 21.0. The molecule has 0 aliphatic carbocycles. The fourth-order valence-corrected chi connectivity index (χ4v) is 3.07. The van der Waals surface area contributed by atoms with Gasteiger partial charge in [-0.2, -0.15) is 0 Å². The van der Waals surface area contributed by atoms with Crippen LogP contribution in [-0.4, -0.2) is 56.7 Å². The van der Waals surface area contributed by atoms with Crippen molar-refractivity contribution >= 4 is 17.5 Å². The first-order chi connectivity index (χ1) is 9.81. The highest BCUT2D eigenvalue weighted by atomic mass is 32.2. The maximum absolute atomic E-state index is 12.2. The monoisotopic (exact) mass is 334 g/mol. The third-order valence-electron chi connectivity index (χ3n) is 3.74. The molecular formula is C15H30N2O4S. The Balaban J connectivity index is 2.61. The lowest BCUT2D eigenvalue weighted by Gasteiger charge is -2.52. The molecule has 0 aromatic carbocycles. The summed E-state index contributed by atoms with van der Waals surface area (Å²) in [6.45, 7) is 13.8. The predicted molar refractivity (Wildman–Crippen MR) is 87.8 cm³/mol. The molecule has 1 amide bonds. The number of amides is 1. The first kappa shape index (κ1) is 19.5. The van der Waals surface area contributed by atoms with Gasteiger partial charge in [0.1, 0.15) is 10.3 Å². The van der Waals surface area contributed by atoms with Crippen molar-refractivity contribution in [2.75, 3.05) is 19.7 Å². The topological polar surface area (TPSA) is 84.9 Å². The molecule has 1 rings (SSSR count). The second-order valence-electron chi connectivity index (χ2n) is 8.08. The van der Waals surface area contributed by atoms with Crippen LogP contribution in [0.15, 0.2) is 0 Å². The summed E-state index contributed by atoms with van der Waals surface area (Å²) in [7, 11) is 0. The van der Waals surface area contributed by atoms with Crippen molar-refractivity contribution < 1.29 is 19.2 Å². The van der Waals surface area contributed by atoms with E-state index in [1.54, 1.807) is 4.90 Å². The lowest BCUT2D eigenvalue weighted by Crippen LogP contribution is -2.68. The molecule has 6 nitrogen and oxygen atoms in total. The summed E-state index contributed by atoms with van der Waals surface area (Å²) < 4.78 is 20.2. The zero-order chi connectivity index (χ0) is 17.3. The maximum Gasteiger partial charge on any atom is 0.410 e. The van der Waals surface area contributed by atoms with Crippen LogP contribution in [0, 0.1) is 5.41 Å². The molecule has 0 aromatic heterocycles. The quantitative estimate of drug-likeness (QED) is 0.764. The lowest BCUT2D eigenvalue weighted by molar-refractivity contribution is -0.0673. The number of hydrogen-bond acceptors (Lipinski definition) is 5. The zero-order valence-corrected chi connectivity index (χ0v) is 15.5. The van der Waals surface area contributed by atoms with E-state index in [0.717, 1.165) is 0 Å². The standard InChI is InChI=1S/C15H30N2O4S/c1-11(16-22(20)14(5,6)7)15(10-18)8-17(9-15)12(19)21-13(2,3)4/h11,16,18H,8-10H2,1-7H3/t11-,22?/m0/s1. The fraction of sp³-hybridized carbons (Fsp3) is 0.933. The number of likely N-dealkylation sites (tertiary alicyclic amines) is 1. The highest BCUT2D eigenvalue weighted by Crippen LogP contribution is 2.35. The highest BCUT2D eigenvalue weighted by molar-refractivity contribution is 7.90. The van der Waals surface area contributed by atoms with Gasteiger partial charge in [-0.15, -0.1) is 4.72 Å². The van der Waals surface area contributed by atoms with E-state index in [1.165, 1.54) is 0 Å². The van der Waals surface area contributed by atoms with Crippen LogP contribution in [0.3, 0.4) is 0 Å². The lowest BCUT2D eigenvalue weighted by atomic mass is 9.75. The Kier molecular flexibility index (Phi) is 5.82. The van der Waals surface area contributed by atoms with Crippen molar-refractivity contribution in [1.29, 1.82) is 0 Å². The summed E-state index contributed by atoms with van der Waals surface area (Å²) in [6, 6.07) is -0.170. The molecule has 1 heterocycles. The van der Waals surface area contributed by atoms with Crippen molar-refractivity contribution in [2.24, 2.45) is 5.41 Å². The number of carbonyl (C=O) groups is 1.